The number of hydrogen-bond donors (Lipinski definition) is 2. The van der Waals surface area contributed by atoms with Crippen LogP contribution in [0.1, 0.15) is 13.8 Å². The van der Waals surface area contributed by atoms with Gasteiger partial charge in [-0.25, -0.2) is 4.79 Å². The van der Waals surface area contributed by atoms with Crippen molar-refractivity contribution >= 4 is 11.9 Å². The molecular formula is C14H21N3O4. The van der Waals surface area contributed by atoms with Gasteiger partial charge in [-0.15, -0.1) is 0 Å². The van der Waals surface area contributed by atoms with E-state index in [1.54, 1.807) is 11.9 Å². The molecule has 3 amide bonds. The van der Waals surface area contributed by atoms with Crippen molar-refractivity contribution < 1.29 is 19.4 Å². The van der Waals surface area contributed by atoms with E-state index in [0.29, 0.717) is 13.1 Å². The van der Waals surface area contributed by atoms with E-state index in [1.165, 1.54) is 4.90 Å². The molecule has 0 aromatic rings. The van der Waals surface area contributed by atoms with Gasteiger partial charge in [-0.2, -0.15) is 0 Å². The van der Waals surface area contributed by atoms with Gasteiger partial charge in [0.05, 0.1) is 18.1 Å². The average molecular weight is 295 g/mol. The van der Waals surface area contributed by atoms with E-state index in [9.17, 15) is 14.7 Å². The van der Waals surface area contributed by atoms with E-state index in [1.807, 2.05) is 19.9 Å². The predicted octanol–water partition coefficient (Wildman–Crippen LogP) is -0.480. The topological polar surface area (TPSA) is 82.1 Å². The third kappa shape index (κ3) is 1.95. The van der Waals surface area contributed by atoms with Gasteiger partial charge in [-0.1, -0.05) is 11.6 Å². The average Bonchev–Trinajstić information content (AvgIpc) is 2.94. The Balaban J connectivity index is 1.96. The lowest BCUT2D eigenvalue weighted by atomic mass is 9.90. The summed E-state index contributed by atoms with van der Waals surface area (Å²) in [5.41, 5.74) is 1.02. The highest BCUT2D eigenvalue weighted by Gasteiger charge is 2.61. The van der Waals surface area contributed by atoms with Gasteiger partial charge in [0.2, 0.25) is 5.91 Å². The van der Waals surface area contributed by atoms with Gasteiger partial charge >= 0.3 is 6.03 Å². The number of nitrogens with zero attached hydrogens (tertiary/aromatic N) is 2. The Morgan fingerprint density at radius 3 is 2.90 bits per heavy atom. The number of amides is 3. The number of likely N-dealkylation sites (tertiary alicyclic amines) is 1. The molecular weight excluding hydrogens is 274 g/mol. The zero-order chi connectivity index (χ0) is 15.3. The minimum absolute atomic E-state index is 0.135. The number of ether oxygens (including phenoxy) is 1. The van der Waals surface area contributed by atoms with Crippen molar-refractivity contribution in [2.45, 2.75) is 38.3 Å². The summed E-state index contributed by atoms with van der Waals surface area (Å²) >= 11 is 0. The Morgan fingerprint density at radius 2 is 2.29 bits per heavy atom. The summed E-state index contributed by atoms with van der Waals surface area (Å²) in [5, 5.41) is 12.9. The fraction of sp³-hybridized carbons (Fsp3) is 0.714. The highest BCUT2D eigenvalue weighted by molar-refractivity contribution is 5.85. The summed E-state index contributed by atoms with van der Waals surface area (Å²) < 4.78 is 5.89. The van der Waals surface area contributed by atoms with E-state index >= 15 is 0 Å². The quantitative estimate of drug-likeness (QED) is 0.640. The van der Waals surface area contributed by atoms with Crippen LogP contribution in [0.3, 0.4) is 0 Å². The third-order valence-corrected chi connectivity index (χ3v) is 4.60. The standard InChI is InChI=1S/C14H21N3O4/c1-4-16-12(18)9-10-8(21-11(9)13(16)19)5-7(2)6-17(10)14(20)15-3/h5,8-11,13,19H,4,6H2,1-3H3,(H,15,20)/t8-,9+,10+,11-,13-/m0/s1. The number of rotatable bonds is 1. The molecule has 2 saturated heterocycles. The molecule has 21 heavy (non-hydrogen) atoms. The molecule has 0 saturated carbocycles. The van der Waals surface area contributed by atoms with Crippen molar-refractivity contribution in [2.75, 3.05) is 20.1 Å². The van der Waals surface area contributed by atoms with Gasteiger partial charge in [0, 0.05) is 20.1 Å². The number of aliphatic hydroxyl groups is 1. The first-order valence-corrected chi connectivity index (χ1v) is 7.29. The van der Waals surface area contributed by atoms with Gasteiger partial charge in [0.1, 0.15) is 6.10 Å². The Hall–Kier alpha value is -1.60. The maximum atomic E-state index is 12.5. The highest BCUT2D eigenvalue weighted by Crippen LogP contribution is 2.42. The molecule has 0 aromatic carbocycles. The molecule has 0 spiro atoms. The lowest BCUT2D eigenvalue weighted by molar-refractivity contribution is -0.139. The number of fused-ring (bicyclic) bond motifs is 3. The lowest BCUT2D eigenvalue weighted by Crippen LogP contribution is -2.55. The van der Waals surface area contributed by atoms with Crippen LogP contribution in [0.25, 0.3) is 0 Å². The molecule has 7 heteroatoms. The zero-order valence-electron chi connectivity index (χ0n) is 12.4. The summed E-state index contributed by atoms with van der Waals surface area (Å²) in [6.45, 7) is 4.66. The highest BCUT2D eigenvalue weighted by atomic mass is 16.5. The van der Waals surface area contributed by atoms with Crippen molar-refractivity contribution in [3.8, 4) is 0 Å². The minimum Gasteiger partial charge on any atom is -0.371 e. The monoisotopic (exact) mass is 295 g/mol. The summed E-state index contributed by atoms with van der Waals surface area (Å²) in [7, 11) is 1.57. The molecule has 116 valence electrons. The van der Waals surface area contributed by atoms with Crippen LogP contribution in [0.2, 0.25) is 0 Å². The van der Waals surface area contributed by atoms with Crippen molar-refractivity contribution in [1.82, 2.24) is 15.1 Å². The van der Waals surface area contributed by atoms with Gasteiger partial charge < -0.3 is 25.0 Å². The molecule has 3 aliphatic heterocycles. The molecule has 0 radical (unpaired) electrons. The SMILES string of the molecule is CCN1C(=O)[C@H]2[C@H](O[C@H]3C=C(C)CN(C(=O)NC)[C@@H]23)[C@@H]1O. The van der Waals surface area contributed by atoms with E-state index in [0.717, 1.165) is 5.57 Å². The van der Waals surface area contributed by atoms with Crippen LogP contribution in [0, 0.1) is 5.92 Å². The molecule has 3 rings (SSSR count). The Kier molecular flexibility index (Phi) is 3.41. The molecule has 3 aliphatic rings. The maximum absolute atomic E-state index is 12.5. The molecule has 3 heterocycles. The molecule has 7 nitrogen and oxygen atoms in total. The first-order chi connectivity index (χ1) is 9.99. The fourth-order valence-corrected chi connectivity index (χ4v) is 3.70. The molecule has 2 N–H and O–H groups in total. The molecule has 2 fully saturated rings. The number of hydrogen-bond acceptors (Lipinski definition) is 4. The van der Waals surface area contributed by atoms with E-state index < -0.39 is 18.2 Å². The first-order valence-electron chi connectivity index (χ1n) is 7.29. The molecule has 0 unspecified atom stereocenters. The van der Waals surface area contributed by atoms with Gasteiger partial charge in [-0.3, -0.25) is 4.79 Å². The Morgan fingerprint density at radius 1 is 1.57 bits per heavy atom. The predicted molar refractivity (Wildman–Crippen MR) is 74.3 cm³/mol. The Labute approximate surface area is 123 Å². The molecule has 5 atom stereocenters. The third-order valence-electron chi connectivity index (χ3n) is 4.60. The lowest BCUT2D eigenvalue weighted by Gasteiger charge is -2.37. The minimum atomic E-state index is -0.932. The van der Waals surface area contributed by atoms with E-state index in [2.05, 4.69) is 5.32 Å². The van der Waals surface area contributed by atoms with E-state index in [4.69, 9.17) is 4.74 Å². The smallest absolute Gasteiger partial charge is 0.317 e. The van der Waals surface area contributed by atoms with Gasteiger partial charge in [0.15, 0.2) is 6.23 Å². The summed E-state index contributed by atoms with van der Waals surface area (Å²) in [4.78, 5) is 27.7. The summed E-state index contributed by atoms with van der Waals surface area (Å²) in [6, 6.07) is -0.573. The van der Waals surface area contributed by atoms with Crippen molar-refractivity contribution in [3.63, 3.8) is 0 Å². The second-order valence-electron chi connectivity index (χ2n) is 5.82. The van der Waals surface area contributed by atoms with Crippen LogP contribution in [-0.4, -0.2) is 71.5 Å². The fourth-order valence-electron chi connectivity index (χ4n) is 3.70. The van der Waals surface area contributed by atoms with Crippen LogP contribution >= 0.6 is 0 Å². The number of carbonyl (C=O) groups is 2. The van der Waals surface area contributed by atoms with Gasteiger partial charge in [-0.05, 0) is 13.8 Å². The largest absolute Gasteiger partial charge is 0.371 e. The van der Waals surface area contributed by atoms with Crippen LogP contribution in [-0.2, 0) is 9.53 Å². The van der Waals surface area contributed by atoms with Crippen molar-refractivity contribution in [1.29, 1.82) is 0 Å². The van der Waals surface area contributed by atoms with E-state index in [-0.39, 0.29) is 24.1 Å². The maximum Gasteiger partial charge on any atom is 0.317 e. The first kappa shape index (κ1) is 14.3. The van der Waals surface area contributed by atoms with Crippen LogP contribution in [0.15, 0.2) is 11.6 Å². The second kappa shape index (κ2) is 4.99. The van der Waals surface area contributed by atoms with Crippen molar-refractivity contribution in [3.05, 3.63) is 11.6 Å². The number of nitrogens with one attached hydrogen (secondary N) is 1. The zero-order valence-corrected chi connectivity index (χ0v) is 12.4. The molecule has 0 aromatic heterocycles. The number of urea groups is 1. The van der Waals surface area contributed by atoms with Gasteiger partial charge in [0.25, 0.3) is 0 Å². The number of aliphatic hydroxyl groups excluding tert-OH is 1. The van der Waals surface area contributed by atoms with Crippen LogP contribution < -0.4 is 5.32 Å². The van der Waals surface area contributed by atoms with Crippen LogP contribution in [0.4, 0.5) is 4.79 Å². The number of carbonyl (C=O) groups excluding carboxylic acids is 2. The van der Waals surface area contributed by atoms with Crippen LogP contribution in [0.5, 0.6) is 0 Å². The second-order valence-corrected chi connectivity index (χ2v) is 5.82. The normalized spacial score (nSPS) is 38.2. The molecule has 0 aliphatic carbocycles. The number of likely N-dealkylation sites (N-methyl/N-ethyl adjacent to an activating group) is 1. The summed E-state index contributed by atoms with van der Waals surface area (Å²) in [5.74, 6) is -0.629. The Bertz CT molecular complexity index is 506. The van der Waals surface area contributed by atoms with Crippen molar-refractivity contribution in [2.24, 2.45) is 5.92 Å². The summed E-state index contributed by atoms with van der Waals surface area (Å²) in [6.07, 6.45) is 0.127. The molecule has 0 bridgehead atoms.